The summed E-state index contributed by atoms with van der Waals surface area (Å²) >= 11 is 6.19. The van der Waals surface area contributed by atoms with Gasteiger partial charge in [-0.15, -0.1) is 0 Å². The van der Waals surface area contributed by atoms with E-state index in [4.69, 9.17) is 16.7 Å². The fraction of sp³-hybridized carbons (Fsp3) is 0.538. The molecule has 2 nitrogen and oxygen atoms in total. The van der Waals surface area contributed by atoms with Gasteiger partial charge in [-0.05, 0) is 37.3 Å². The third kappa shape index (κ3) is 2.69. The van der Waals surface area contributed by atoms with Crippen LogP contribution in [0.5, 0.6) is 0 Å². The summed E-state index contributed by atoms with van der Waals surface area (Å²) in [6.07, 6.45) is 3.32. The topological polar surface area (TPSA) is 23.5 Å². The van der Waals surface area contributed by atoms with Crippen LogP contribution in [0.3, 0.4) is 0 Å². The summed E-state index contributed by atoms with van der Waals surface area (Å²) in [6, 6.07) is 7.99. The number of piperidine rings is 1. The first kappa shape index (κ1) is 11.7. The zero-order valence-electron chi connectivity index (χ0n) is 9.40. The SMILES string of the molecule is OCCC1CCCN(c2ccccc2Cl)C1. The average molecular weight is 240 g/mol. The van der Waals surface area contributed by atoms with Crippen LogP contribution in [0.1, 0.15) is 19.3 Å². The minimum atomic E-state index is 0.293. The Labute approximate surface area is 102 Å². The van der Waals surface area contributed by atoms with Gasteiger partial charge in [0.25, 0.3) is 0 Å². The highest BCUT2D eigenvalue weighted by Crippen LogP contribution is 2.30. The van der Waals surface area contributed by atoms with Gasteiger partial charge in [-0.1, -0.05) is 23.7 Å². The molecular formula is C13H18ClNO. The van der Waals surface area contributed by atoms with Gasteiger partial charge < -0.3 is 10.0 Å². The van der Waals surface area contributed by atoms with Crippen LogP contribution >= 0.6 is 11.6 Å². The van der Waals surface area contributed by atoms with Crippen molar-refractivity contribution in [1.82, 2.24) is 0 Å². The van der Waals surface area contributed by atoms with Crippen LogP contribution < -0.4 is 4.90 Å². The molecule has 1 aliphatic rings. The average Bonchev–Trinajstić information content (AvgIpc) is 2.30. The normalized spacial score (nSPS) is 21.1. The number of aliphatic hydroxyl groups excluding tert-OH is 1. The van der Waals surface area contributed by atoms with Crippen molar-refractivity contribution in [2.24, 2.45) is 5.92 Å². The molecule has 1 saturated heterocycles. The van der Waals surface area contributed by atoms with Gasteiger partial charge >= 0.3 is 0 Å². The predicted molar refractivity (Wildman–Crippen MR) is 68.1 cm³/mol. The lowest BCUT2D eigenvalue weighted by Gasteiger charge is -2.34. The van der Waals surface area contributed by atoms with Crippen molar-refractivity contribution >= 4 is 17.3 Å². The van der Waals surface area contributed by atoms with Crippen molar-refractivity contribution in [2.45, 2.75) is 19.3 Å². The van der Waals surface area contributed by atoms with Crippen molar-refractivity contribution in [3.05, 3.63) is 29.3 Å². The van der Waals surface area contributed by atoms with E-state index in [-0.39, 0.29) is 0 Å². The largest absolute Gasteiger partial charge is 0.396 e. The molecule has 1 aromatic rings. The van der Waals surface area contributed by atoms with Gasteiger partial charge in [-0.2, -0.15) is 0 Å². The Bertz CT molecular complexity index is 340. The van der Waals surface area contributed by atoms with Gasteiger partial charge in [0.1, 0.15) is 0 Å². The molecule has 0 amide bonds. The van der Waals surface area contributed by atoms with Crippen LogP contribution in [0.25, 0.3) is 0 Å². The molecule has 0 aliphatic carbocycles. The molecule has 1 fully saturated rings. The Hall–Kier alpha value is -0.730. The fourth-order valence-corrected chi connectivity index (χ4v) is 2.67. The van der Waals surface area contributed by atoms with Crippen molar-refractivity contribution in [3.63, 3.8) is 0 Å². The number of hydrogen-bond acceptors (Lipinski definition) is 2. The molecular weight excluding hydrogens is 222 g/mol. The summed E-state index contributed by atoms with van der Waals surface area (Å²) in [5.74, 6) is 0.607. The van der Waals surface area contributed by atoms with Crippen LogP contribution in [-0.4, -0.2) is 24.8 Å². The van der Waals surface area contributed by atoms with Crippen molar-refractivity contribution in [3.8, 4) is 0 Å². The highest BCUT2D eigenvalue weighted by Gasteiger charge is 2.20. The lowest BCUT2D eigenvalue weighted by Crippen LogP contribution is -2.35. The third-order valence-corrected chi connectivity index (χ3v) is 3.57. The Morgan fingerprint density at radius 1 is 1.38 bits per heavy atom. The molecule has 1 unspecified atom stereocenters. The van der Waals surface area contributed by atoms with E-state index >= 15 is 0 Å². The maximum absolute atomic E-state index is 8.99. The molecule has 16 heavy (non-hydrogen) atoms. The van der Waals surface area contributed by atoms with Crippen LogP contribution in [0.2, 0.25) is 5.02 Å². The molecule has 0 radical (unpaired) electrons. The van der Waals surface area contributed by atoms with Crippen molar-refractivity contribution in [1.29, 1.82) is 0 Å². The third-order valence-electron chi connectivity index (χ3n) is 3.25. The first-order valence-electron chi connectivity index (χ1n) is 5.91. The summed E-state index contributed by atoms with van der Waals surface area (Å²) in [7, 11) is 0. The number of para-hydroxylation sites is 1. The Morgan fingerprint density at radius 3 is 2.94 bits per heavy atom. The van der Waals surface area contributed by atoms with Gasteiger partial charge in [-0.25, -0.2) is 0 Å². The maximum Gasteiger partial charge on any atom is 0.0639 e. The molecule has 0 saturated carbocycles. The number of aliphatic hydroxyl groups is 1. The number of hydrogen-bond donors (Lipinski definition) is 1. The molecule has 1 N–H and O–H groups in total. The van der Waals surface area contributed by atoms with E-state index in [1.807, 2.05) is 18.2 Å². The smallest absolute Gasteiger partial charge is 0.0639 e. The fourth-order valence-electron chi connectivity index (χ4n) is 2.41. The number of anilines is 1. The summed E-state index contributed by atoms with van der Waals surface area (Å²) in [5.41, 5.74) is 1.13. The monoisotopic (exact) mass is 239 g/mol. The van der Waals surface area contributed by atoms with Gasteiger partial charge in [0, 0.05) is 19.7 Å². The second kappa shape index (κ2) is 5.55. The standard InChI is InChI=1S/C13H18ClNO/c14-12-5-1-2-6-13(12)15-8-3-4-11(10-15)7-9-16/h1-2,5-6,11,16H,3-4,7-10H2. The molecule has 3 heteroatoms. The van der Waals surface area contributed by atoms with E-state index < -0.39 is 0 Å². The van der Waals surface area contributed by atoms with Crippen LogP contribution in [-0.2, 0) is 0 Å². The van der Waals surface area contributed by atoms with Crippen molar-refractivity contribution in [2.75, 3.05) is 24.6 Å². The minimum Gasteiger partial charge on any atom is -0.396 e. The summed E-state index contributed by atoms with van der Waals surface area (Å²) < 4.78 is 0. The number of benzene rings is 1. The molecule has 88 valence electrons. The van der Waals surface area contributed by atoms with Gasteiger partial charge in [0.2, 0.25) is 0 Å². The van der Waals surface area contributed by atoms with E-state index in [2.05, 4.69) is 11.0 Å². The number of nitrogens with zero attached hydrogens (tertiary/aromatic N) is 1. The van der Waals surface area contributed by atoms with E-state index in [9.17, 15) is 0 Å². The van der Waals surface area contributed by atoms with E-state index in [0.29, 0.717) is 12.5 Å². The lowest BCUT2D eigenvalue weighted by molar-refractivity contribution is 0.244. The summed E-state index contributed by atoms with van der Waals surface area (Å²) in [5, 5.41) is 9.81. The van der Waals surface area contributed by atoms with Gasteiger partial charge in [0.05, 0.1) is 10.7 Å². The van der Waals surface area contributed by atoms with Crippen LogP contribution in [0, 0.1) is 5.92 Å². The molecule has 0 aromatic heterocycles. The lowest BCUT2D eigenvalue weighted by atomic mass is 9.95. The Morgan fingerprint density at radius 2 is 2.19 bits per heavy atom. The first-order valence-corrected chi connectivity index (χ1v) is 6.29. The van der Waals surface area contributed by atoms with Gasteiger partial charge in [-0.3, -0.25) is 0 Å². The predicted octanol–water partition coefficient (Wildman–Crippen LogP) is 2.94. The highest BCUT2D eigenvalue weighted by molar-refractivity contribution is 6.33. The molecule has 1 heterocycles. The van der Waals surface area contributed by atoms with E-state index in [0.717, 1.165) is 30.2 Å². The molecule has 2 rings (SSSR count). The minimum absolute atomic E-state index is 0.293. The number of rotatable bonds is 3. The summed E-state index contributed by atoms with van der Waals surface area (Å²) in [6.45, 7) is 2.39. The first-order chi connectivity index (χ1) is 7.81. The van der Waals surface area contributed by atoms with Crippen LogP contribution in [0.15, 0.2) is 24.3 Å². The number of halogens is 1. The van der Waals surface area contributed by atoms with Crippen LogP contribution in [0.4, 0.5) is 5.69 Å². The molecule has 1 aliphatic heterocycles. The molecule has 1 atom stereocenters. The molecule has 1 aromatic carbocycles. The summed E-state index contributed by atoms with van der Waals surface area (Å²) in [4.78, 5) is 2.34. The Balaban J connectivity index is 2.07. The quantitative estimate of drug-likeness (QED) is 0.877. The van der Waals surface area contributed by atoms with E-state index in [1.165, 1.54) is 12.8 Å². The second-order valence-corrected chi connectivity index (χ2v) is 4.83. The maximum atomic E-state index is 8.99. The molecule has 0 bridgehead atoms. The Kier molecular flexibility index (Phi) is 4.08. The molecule has 0 spiro atoms. The highest BCUT2D eigenvalue weighted by atomic mass is 35.5. The zero-order chi connectivity index (χ0) is 11.4. The van der Waals surface area contributed by atoms with Crippen molar-refractivity contribution < 1.29 is 5.11 Å². The van der Waals surface area contributed by atoms with Gasteiger partial charge in [0.15, 0.2) is 0 Å². The zero-order valence-corrected chi connectivity index (χ0v) is 10.2. The van der Waals surface area contributed by atoms with E-state index in [1.54, 1.807) is 0 Å². The second-order valence-electron chi connectivity index (χ2n) is 4.42.